The highest BCUT2D eigenvalue weighted by Gasteiger charge is 2.16. The molecule has 0 saturated carbocycles. The fourth-order valence-corrected chi connectivity index (χ4v) is 3.13. The molecule has 160 valence electrons. The van der Waals surface area contributed by atoms with Crippen LogP contribution in [0.3, 0.4) is 0 Å². The summed E-state index contributed by atoms with van der Waals surface area (Å²) in [6, 6.07) is 9.77. The smallest absolute Gasteiger partial charge is 0.325 e. The fourth-order valence-electron chi connectivity index (χ4n) is 3.13. The van der Waals surface area contributed by atoms with Crippen molar-refractivity contribution >= 4 is 34.6 Å². The summed E-state index contributed by atoms with van der Waals surface area (Å²) < 4.78 is 21.3. The summed E-state index contributed by atoms with van der Waals surface area (Å²) in [7, 11) is 0. The van der Waals surface area contributed by atoms with Crippen molar-refractivity contribution in [2.24, 2.45) is 0 Å². The molecule has 3 aromatic rings. The molecule has 0 atom stereocenters. The number of rotatable bonds is 5. The van der Waals surface area contributed by atoms with Gasteiger partial charge in [0.1, 0.15) is 18.8 Å². The third-order valence-electron chi connectivity index (χ3n) is 4.56. The van der Waals surface area contributed by atoms with Crippen molar-refractivity contribution < 1.29 is 33.0 Å². The highest BCUT2D eigenvalue weighted by molar-refractivity contribution is 6.02. The molecule has 2 N–H and O–H groups in total. The number of nitrogens with one attached hydrogen (secondary N) is 2. The molecule has 0 aliphatic carbocycles. The summed E-state index contributed by atoms with van der Waals surface area (Å²) in [5.74, 6) is -0.270. The van der Waals surface area contributed by atoms with E-state index in [1.165, 1.54) is 6.26 Å². The van der Waals surface area contributed by atoms with Gasteiger partial charge in [-0.25, -0.2) is 4.79 Å². The minimum atomic E-state index is -0.756. The van der Waals surface area contributed by atoms with Gasteiger partial charge in [-0.15, -0.1) is 0 Å². The molecule has 1 aliphatic rings. The Balaban J connectivity index is 1.24. The highest BCUT2D eigenvalue weighted by Crippen LogP contribution is 2.32. The second-order valence-electron chi connectivity index (χ2n) is 6.96. The van der Waals surface area contributed by atoms with E-state index in [1.807, 2.05) is 25.1 Å². The fraction of sp³-hybridized carbons (Fsp3) is 0.227. The molecule has 0 fully saturated rings. The average Bonchev–Trinajstić information content (AvgIpc) is 3.13. The molecule has 4 rings (SSSR count). The van der Waals surface area contributed by atoms with Gasteiger partial charge in [0.15, 0.2) is 18.1 Å². The number of furan rings is 1. The second-order valence-corrected chi connectivity index (χ2v) is 6.96. The standard InChI is InChI=1S/C22H20N2O7/c1-13-2-4-16-14(11-30-18(16)8-13)9-21(26)31-12-20(25)24-22(27)23-15-3-5-17-19(10-15)29-7-6-28-17/h2-5,8,10-11H,6-7,9,12H2,1H3,(H2,23,24,25,27). The number of hydrogen-bond acceptors (Lipinski definition) is 7. The van der Waals surface area contributed by atoms with Crippen molar-refractivity contribution in [1.82, 2.24) is 5.32 Å². The second kappa shape index (κ2) is 8.78. The summed E-state index contributed by atoms with van der Waals surface area (Å²) in [6.07, 6.45) is 1.44. The van der Waals surface area contributed by atoms with Gasteiger partial charge in [0.25, 0.3) is 5.91 Å². The minimum absolute atomic E-state index is 0.0489. The molecule has 0 spiro atoms. The van der Waals surface area contributed by atoms with Gasteiger partial charge in [-0.1, -0.05) is 12.1 Å². The van der Waals surface area contributed by atoms with Crippen LogP contribution in [0, 0.1) is 6.92 Å². The zero-order chi connectivity index (χ0) is 21.8. The van der Waals surface area contributed by atoms with E-state index in [1.54, 1.807) is 18.2 Å². The summed E-state index contributed by atoms with van der Waals surface area (Å²) in [5.41, 5.74) is 2.81. The van der Waals surface area contributed by atoms with Crippen LogP contribution in [0.2, 0.25) is 0 Å². The number of esters is 1. The largest absolute Gasteiger partial charge is 0.486 e. The van der Waals surface area contributed by atoms with Crippen LogP contribution in [-0.2, 0) is 20.7 Å². The number of hydrogen-bond donors (Lipinski definition) is 2. The third-order valence-corrected chi connectivity index (χ3v) is 4.56. The van der Waals surface area contributed by atoms with Crippen LogP contribution in [-0.4, -0.2) is 37.7 Å². The normalized spacial score (nSPS) is 12.3. The number of amides is 3. The maximum atomic E-state index is 12.1. The van der Waals surface area contributed by atoms with Crippen molar-refractivity contribution in [2.45, 2.75) is 13.3 Å². The number of fused-ring (bicyclic) bond motifs is 2. The van der Waals surface area contributed by atoms with Crippen LogP contribution >= 0.6 is 0 Å². The van der Waals surface area contributed by atoms with Gasteiger partial charge in [-0.2, -0.15) is 0 Å². The molecule has 0 saturated heterocycles. The van der Waals surface area contributed by atoms with E-state index in [-0.39, 0.29) is 6.42 Å². The van der Waals surface area contributed by atoms with Crippen LogP contribution in [0.25, 0.3) is 11.0 Å². The number of ether oxygens (including phenoxy) is 3. The number of carbonyl (C=O) groups is 3. The molecular weight excluding hydrogens is 404 g/mol. The lowest BCUT2D eigenvalue weighted by molar-refractivity contribution is -0.147. The first-order valence-electron chi connectivity index (χ1n) is 9.61. The van der Waals surface area contributed by atoms with Crippen LogP contribution in [0.15, 0.2) is 47.1 Å². The molecule has 9 heteroatoms. The van der Waals surface area contributed by atoms with Crippen molar-refractivity contribution in [3.05, 3.63) is 53.8 Å². The van der Waals surface area contributed by atoms with E-state index in [9.17, 15) is 14.4 Å². The van der Waals surface area contributed by atoms with Gasteiger partial charge in [0, 0.05) is 22.7 Å². The van der Waals surface area contributed by atoms with Gasteiger partial charge in [-0.3, -0.25) is 14.9 Å². The topological polar surface area (TPSA) is 116 Å². The van der Waals surface area contributed by atoms with E-state index in [2.05, 4.69) is 10.6 Å². The zero-order valence-corrected chi connectivity index (χ0v) is 16.7. The summed E-state index contributed by atoms with van der Waals surface area (Å²) in [4.78, 5) is 36.0. The number of carbonyl (C=O) groups excluding carboxylic acids is 3. The van der Waals surface area contributed by atoms with Gasteiger partial charge >= 0.3 is 12.0 Å². The van der Waals surface area contributed by atoms with Crippen molar-refractivity contribution in [2.75, 3.05) is 25.1 Å². The van der Waals surface area contributed by atoms with E-state index in [0.29, 0.717) is 41.5 Å². The quantitative estimate of drug-likeness (QED) is 0.605. The first-order valence-corrected chi connectivity index (χ1v) is 9.61. The van der Waals surface area contributed by atoms with Crippen molar-refractivity contribution in [3.8, 4) is 11.5 Å². The van der Waals surface area contributed by atoms with Crippen molar-refractivity contribution in [1.29, 1.82) is 0 Å². The van der Waals surface area contributed by atoms with Crippen LogP contribution in [0.4, 0.5) is 10.5 Å². The van der Waals surface area contributed by atoms with Gasteiger partial charge in [0.2, 0.25) is 0 Å². The first kappa shape index (κ1) is 20.3. The Morgan fingerprint density at radius 1 is 1.03 bits per heavy atom. The molecular formula is C22H20N2O7. The van der Waals surface area contributed by atoms with E-state index < -0.39 is 24.5 Å². The highest BCUT2D eigenvalue weighted by atomic mass is 16.6. The Bertz CT molecular complexity index is 1150. The summed E-state index contributed by atoms with van der Waals surface area (Å²) >= 11 is 0. The predicted octanol–water partition coefficient (Wildman–Crippen LogP) is 2.95. The number of anilines is 1. The summed E-state index contributed by atoms with van der Waals surface area (Å²) in [5, 5.41) is 5.42. The Hall–Kier alpha value is -4.01. The minimum Gasteiger partial charge on any atom is -0.486 e. The Morgan fingerprint density at radius 2 is 1.84 bits per heavy atom. The average molecular weight is 424 g/mol. The molecule has 31 heavy (non-hydrogen) atoms. The van der Waals surface area contributed by atoms with Crippen LogP contribution in [0.5, 0.6) is 11.5 Å². The first-order chi connectivity index (χ1) is 15.0. The summed E-state index contributed by atoms with van der Waals surface area (Å²) in [6.45, 7) is 2.24. The predicted molar refractivity (Wildman–Crippen MR) is 110 cm³/mol. The van der Waals surface area contributed by atoms with Gasteiger partial charge in [0.05, 0.1) is 12.7 Å². The molecule has 1 aliphatic heterocycles. The lowest BCUT2D eigenvalue weighted by Crippen LogP contribution is -2.37. The zero-order valence-electron chi connectivity index (χ0n) is 16.7. The lowest BCUT2D eigenvalue weighted by atomic mass is 10.1. The molecule has 0 radical (unpaired) electrons. The third kappa shape index (κ3) is 4.95. The van der Waals surface area contributed by atoms with Crippen LogP contribution in [0.1, 0.15) is 11.1 Å². The van der Waals surface area contributed by atoms with Gasteiger partial charge < -0.3 is 23.9 Å². The maximum absolute atomic E-state index is 12.1. The number of benzene rings is 2. The van der Waals surface area contributed by atoms with E-state index in [4.69, 9.17) is 18.6 Å². The Kier molecular flexibility index (Phi) is 5.74. The van der Waals surface area contributed by atoms with Crippen LogP contribution < -0.4 is 20.1 Å². The Labute approximate surface area is 177 Å². The Morgan fingerprint density at radius 3 is 2.68 bits per heavy atom. The number of urea groups is 1. The molecule has 3 amide bonds. The number of aryl methyl sites for hydroxylation is 1. The van der Waals surface area contributed by atoms with Gasteiger partial charge in [-0.05, 0) is 30.7 Å². The number of imide groups is 1. The molecule has 0 unspecified atom stereocenters. The SMILES string of the molecule is Cc1ccc2c(CC(=O)OCC(=O)NC(=O)Nc3ccc4c(c3)OCCO4)coc2c1. The van der Waals surface area contributed by atoms with Crippen molar-refractivity contribution in [3.63, 3.8) is 0 Å². The monoisotopic (exact) mass is 424 g/mol. The van der Waals surface area contributed by atoms with E-state index >= 15 is 0 Å². The molecule has 2 heterocycles. The molecule has 0 bridgehead atoms. The molecule has 2 aromatic carbocycles. The molecule has 9 nitrogen and oxygen atoms in total. The maximum Gasteiger partial charge on any atom is 0.325 e. The van der Waals surface area contributed by atoms with E-state index in [0.717, 1.165) is 10.9 Å². The molecule has 1 aromatic heterocycles. The lowest BCUT2D eigenvalue weighted by Gasteiger charge is -2.19.